The normalized spacial score (nSPS) is 20.9. The summed E-state index contributed by atoms with van der Waals surface area (Å²) in [7, 11) is 0. The van der Waals surface area contributed by atoms with E-state index in [9.17, 15) is 5.11 Å². The molecule has 0 saturated carbocycles. The topological polar surface area (TPSA) is 62.4 Å². The van der Waals surface area contributed by atoms with E-state index in [0.29, 0.717) is 23.8 Å². The van der Waals surface area contributed by atoms with E-state index in [2.05, 4.69) is 27.2 Å². The van der Waals surface area contributed by atoms with E-state index in [0.717, 1.165) is 18.7 Å². The molecule has 0 radical (unpaired) electrons. The molecule has 0 spiro atoms. The monoisotopic (exact) mass is 355 g/mol. The molecule has 1 fully saturated rings. The minimum atomic E-state index is -1.11. The molecule has 1 aliphatic heterocycles. The van der Waals surface area contributed by atoms with Crippen LogP contribution in [0.2, 0.25) is 5.02 Å². The Bertz CT molecular complexity index is 868. The Morgan fingerprint density at radius 3 is 2.80 bits per heavy atom. The van der Waals surface area contributed by atoms with Crippen molar-refractivity contribution in [1.82, 2.24) is 15.0 Å². The maximum Gasteiger partial charge on any atom is 0.260 e. The van der Waals surface area contributed by atoms with Crippen molar-refractivity contribution in [2.75, 3.05) is 13.1 Å². The smallest absolute Gasteiger partial charge is 0.260 e. The number of aliphatic hydroxyl groups is 1. The van der Waals surface area contributed by atoms with Crippen LogP contribution in [0.15, 0.2) is 59.1 Å². The lowest BCUT2D eigenvalue weighted by Gasteiger charge is -2.19. The highest BCUT2D eigenvalue weighted by Crippen LogP contribution is 2.33. The zero-order valence-corrected chi connectivity index (χ0v) is 14.4. The molecule has 6 heteroatoms. The average Bonchev–Trinajstić information content (AvgIpc) is 3.24. The molecule has 2 aromatic carbocycles. The van der Waals surface area contributed by atoms with Crippen molar-refractivity contribution in [2.24, 2.45) is 0 Å². The van der Waals surface area contributed by atoms with E-state index >= 15 is 0 Å². The van der Waals surface area contributed by atoms with Gasteiger partial charge in [0, 0.05) is 30.2 Å². The molecular formula is C19H18ClN3O2. The van der Waals surface area contributed by atoms with Gasteiger partial charge in [-0.1, -0.05) is 59.2 Å². The Morgan fingerprint density at radius 2 is 2.00 bits per heavy atom. The molecule has 128 valence electrons. The highest BCUT2D eigenvalue weighted by molar-refractivity contribution is 6.30. The van der Waals surface area contributed by atoms with Crippen LogP contribution in [0.4, 0.5) is 0 Å². The molecule has 25 heavy (non-hydrogen) atoms. The predicted octanol–water partition coefficient (Wildman–Crippen LogP) is 3.48. The third kappa shape index (κ3) is 3.44. The number of halogens is 1. The molecule has 3 aromatic rings. The lowest BCUT2D eigenvalue weighted by Crippen LogP contribution is -2.31. The van der Waals surface area contributed by atoms with E-state index in [1.54, 1.807) is 12.1 Å². The fourth-order valence-corrected chi connectivity index (χ4v) is 3.37. The molecule has 0 amide bonds. The molecule has 1 atom stereocenters. The molecule has 0 aliphatic carbocycles. The Hall–Kier alpha value is -2.21. The number of rotatable bonds is 4. The Kier molecular flexibility index (Phi) is 4.29. The highest BCUT2D eigenvalue weighted by Gasteiger charge is 2.42. The number of benzene rings is 2. The molecule has 1 N–H and O–H groups in total. The van der Waals surface area contributed by atoms with Crippen LogP contribution in [0.3, 0.4) is 0 Å². The van der Waals surface area contributed by atoms with E-state index < -0.39 is 5.60 Å². The standard InChI is InChI=1S/C19H18ClN3O2/c20-16-8-4-7-15(11-16)17-21-18(25-22-17)19(24)9-10-23(13-19)12-14-5-2-1-3-6-14/h1-8,11,24H,9-10,12-13H2. The minimum Gasteiger partial charge on any atom is -0.379 e. The van der Waals surface area contributed by atoms with Crippen LogP contribution >= 0.6 is 11.6 Å². The quantitative estimate of drug-likeness (QED) is 0.776. The van der Waals surface area contributed by atoms with E-state index in [1.165, 1.54) is 5.56 Å². The zero-order valence-electron chi connectivity index (χ0n) is 13.6. The second kappa shape index (κ2) is 6.59. The van der Waals surface area contributed by atoms with Gasteiger partial charge in [0.2, 0.25) is 5.82 Å². The van der Waals surface area contributed by atoms with Crippen molar-refractivity contribution in [2.45, 2.75) is 18.6 Å². The number of hydrogen-bond donors (Lipinski definition) is 1. The molecule has 2 heterocycles. The van der Waals surface area contributed by atoms with Gasteiger partial charge < -0.3 is 9.63 Å². The molecule has 5 nitrogen and oxygen atoms in total. The van der Waals surface area contributed by atoms with Crippen molar-refractivity contribution in [3.05, 3.63) is 71.1 Å². The lowest BCUT2D eigenvalue weighted by molar-refractivity contribution is 0.0131. The zero-order chi connectivity index (χ0) is 17.3. The SMILES string of the molecule is OC1(c2nc(-c3cccc(Cl)c3)no2)CCN(Cc2ccccc2)C1. The van der Waals surface area contributed by atoms with Crippen molar-refractivity contribution in [3.63, 3.8) is 0 Å². The first-order chi connectivity index (χ1) is 12.1. The third-order valence-corrected chi connectivity index (χ3v) is 4.72. The highest BCUT2D eigenvalue weighted by atomic mass is 35.5. The molecule has 1 aromatic heterocycles. The van der Waals surface area contributed by atoms with Crippen LogP contribution in [0.5, 0.6) is 0 Å². The number of nitrogens with zero attached hydrogens (tertiary/aromatic N) is 3. The first kappa shape index (κ1) is 16.3. The Morgan fingerprint density at radius 1 is 1.16 bits per heavy atom. The largest absolute Gasteiger partial charge is 0.379 e. The van der Waals surface area contributed by atoms with Gasteiger partial charge in [-0.25, -0.2) is 0 Å². The molecule has 1 unspecified atom stereocenters. The van der Waals surface area contributed by atoms with Gasteiger partial charge in [0.25, 0.3) is 5.89 Å². The van der Waals surface area contributed by atoms with Gasteiger partial charge >= 0.3 is 0 Å². The van der Waals surface area contributed by atoms with Crippen LogP contribution in [-0.2, 0) is 12.1 Å². The van der Waals surface area contributed by atoms with Gasteiger partial charge in [0.1, 0.15) is 0 Å². The second-order valence-corrected chi connectivity index (χ2v) is 6.85. The summed E-state index contributed by atoms with van der Waals surface area (Å²) in [5.74, 6) is 0.700. The van der Waals surface area contributed by atoms with Crippen molar-refractivity contribution < 1.29 is 9.63 Å². The summed E-state index contributed by atoms with van der Waals surface area (Å²) in [5, 5.41) is 15.6. The fourth-order valence-electron chi connectivity index (χ4n) is 3.18. The summed E-state index contributed by atoms with van der Waals surface area (Å²) in [4.78, 5) is 6.60. The van der Waals surface area contributed by atoms with E-state index in [-0.39, 0.29) is 5.89 Å². The Balaban J connectivity index is 1.50. The van der Waals surface area contributed by atoms with E-state index in [1.807, 2.05) is 30.3 Å². The first-order valence-corrected chi connectivity index (χ1v) is 8.59. The predicted molar refractivity (Wildman–Crippen MR) is 95.0 cm³/mol. The number of likely N-dealkylation sites (tertiary alicyclic amines) is 1. The van der Waals surface area contributed by atoms with Crippen molar-refractivity contribution in [1.29, 1.82) is 0 Å². The Labute approximate surface area is 150 Å². The summed E-state index contributed by atoms with van der Waals surface area (Å²) in [6.45, 7) is 2.04. The van der Waals surface area contributed by atoms with Gasteiger partial charge in [-0.05, 0) is 24.1 Å². The van der Waals surface area contributed by atoms with Crippen LogP contribution in [0, 0.1) is 0 Å². The second-order valence-electron chi connectivity index (χ2n) is 6.41. The number of hydrogen-bond acceptors (Lipinski definition) is 5. The van der Waals surface area contributed by atoms with Crippen LogP contribution in [0.25, 0.3) is 11.4 Å². The molecule has 4 rings (SSSR count). The van der Waals surface area contributed by atoms with Crippen LogP contribution in [-0.4, -0.2) is 33.2 Å². The maximum absolute atomic E-state index is 11.0. The van der Waals surface area contributed by atoms with E-state index in [4.69, 9.17) is 16.1 Å². The van der Waals surface area contributed by atoms with Gasteiger partial charge in [-0.15, -0.1) is 0 Å². The van der Waals surface area contributed by atoms with Crippen molar-refractivity contribution >= 4 is 11.6 Å². The molecule has 1 aliphatic rings. The van der Waals surface area contributed by atoms with Gasteiger partial charge in [0.15, 0.2) is 5.60 Å². The maximum atomic E-state index is 11.0. The van der Waals surface area contributed by atoms with Crippen LogP contribution < -0.4 is 0 Å². The summed E-state index contributed by atoms with van der Waals surface area (Å²) in [6.07, 6.45) is 0.566. The lowest BCUT2D eigenvalue weighted by atomic mass is 10.0. The fraction of sp³-hybridized carbons (Fsp3) is 0.263. The average molecular weight is 356 g/mol. The minimum absolute atomic E-state index is 0.262. The van der Waals surface area contributed by atoms with Crippen LogP contribution in [0.1, 0.15) is 17.9 Å². The molecular weight excluding hydrogens is 338 g/mol. The summed E-state index contributed by atoms with van der Waals surface area (Å²) in [5.41, 5.74) is 0.876. The summed E-state index contributed by atoms with van der Waals surface area (Å²) < 4.78 is 5.36. The first-order valence-electron chi connectivity index (χ1n) is 8.21. The summed E-state index contributed by atoms with van der Waals surface area (Å²) in [6, 6.07) is 17.5. The number of β-amino-alcohol motifs (C(OH)–C–C–N with tert-alkyl or cyclic N) is 1. The third-order valence-electron chi connectivity index (χ3n) is 4.48. The van der Waals surface area contributed by atoms with Gasteiger partial charge in [-0.3, -0.25) is 4.90 Å². The molecule has 1 saturated heterocycles. The van der Waals surface area contributed by atoms with Crippen molar-refractivity contribution in [3.8, 4) is 11.4 Å². The summed E-state index contributed by atoms with van der Waals surface area (Å²) >= 11 is 6.01. The van der Waals surface area contributed by atoms with Gasteiger partial charge in [0.05, 0.1) is 0 Å². The number of aromatic nitrogens is 2. The van der Waals surface area contributed by atoms with Gasteiger partial charge in [-0.2, -0.15) is 4.98 Å². The molecule has 0 bridgehead atoms.